The molecule has 1 aliphatic heterocycles. The largest absolute Gasteiger partial charge is 0.392 e. The average molecular weight is 246 g/mol. The number of aliphatic hydroxyl groups is 1. The van der Waals surface area contributed by atoms with Gasteiger partial charge in [0.25, 0.3) is 0 Å². The summed E-state index contributed by atoms with van der Waals surface area (Å²) < 4.78 is 0. The third-order valence-electron chi connectivity index (χ3n) is 4.53. The summed E-state index contributed by atoms with van der Waals surface area (Å²) in [5.41, 5.74) is 0.899. The van der Waals surface area contributed by atoms with Crippen molar-refractivity contribution in [3.63, 3.8) is 0 Å². The van der Waals surface area contributed by atoms with E-state index in [0.29, 0.717) is 6.04 Å². The first kappa shape index (κ1) is 12.0. The van der Waals surface area contributed by atoms with Gasteiger partial charge in [0.15, 0.2) is 0 Å². The summed E-state index contributed by atoms with van der Waals surface area (Å²) in [5, 5.41) is 9.07. The predicted octanol–water partition coefficient (Wildman–Crippen LogP) is 2.73. The number of aliphatic hydroxyl groups excluding tert-OH is 1. The number of piperidine rings is 1. The zero-order valence-electron chi connectivity index (χ0n) is 10.9. The van der Waals surface area contributed by atoms with Gasteiger partial charge in [-0.3, -0.25) is 0 Å². The minimum absolute atomic E-state index is 0.0827. The monoisotopic (exact) mass is 246 g/mol. The van der Waals surface area contributed by atoms with Gasteiger partial charge in [0.2, 0.25) is 0 Å². The fourth-order valence-electron chi connectivity index (χ4n) is 3.59. The molecule has 0 aromatic carbocycles. The van der Waals surface area contributed by atoms with E-state index in [0.717, 1.165) is 23.8 Å². The topological polar surface area (TPSA) is 36.4 Å². The predicted molar refractivity (Wildman–Crippen MR) is 72.5 cm³/mol. The average Bonchev–Trinajstić information content (AvgIpc) is 2.47. The molecule has 0 spiro atoms. The second kappa shape index (κ2) is 5.27. The van der Waals surface area contributed by atoms with Gasteiger partial charge in [0.1, 0.15) is 5.82 Å². The van der Waals surface area contributed by atoms with Crippen LogP contribution in [-0.4, -0.2) is 22.7 Å². The molecule has 2 fully saturated rings. The maximum atomic E-state index is 9.07. The molecule has 0 amide bonds. The number of aromatic nitrogens is 1. The lowest BCUT2D eigenvalue weighted by Gasteiger charge is -2.44. The van der Waals surface area contributed by atoms with Crippen LogP contribution >= 0.6 is 0 Å². The molecule has 1 saturated carbocycles. The lowest BCUT2D eigenvalue weighted by atomic mass is 9.78. The Kier molecular flexibility index (Phi) is 3.50. The summed E-state index contributed by atoms with van der Waals surface area (Å²) in [6.07, 6.45) is 10.0. The summed E-state index contributed by atoms with van der Waals surface area (Å²) in [7, 11) is 0. The Morgan fingerprint density at radius 2 is 2.00 bits per heavy atom. The van der Waals surface area contributed by atoms with E-state index >= 15 is 0 Å². The minimum Gasteiger partial charge on any atom is -0.392 e. The number of rotatable bonds is 2. The SMILES string of the molecule is OCc1ccc(N2CCC[C@H]3CCCC[C@H]32)nc1. The molecule has 3 rings (SSSR count). The summed E-state index contributed by atoms with van der Waals surface area (Å²) in [6.45, 7) is 1.23. The number of fused-ring (bicyclic) bond motifs is 1. The van der Waals surface area contributed by atoms with E-state index in [-0.39, 0.29) is 6.61 Å². The van der Waals surface area contributed by atoms with Crippen LogP contribution in [0.15, 0.2) is 18.3 Å². The van der Waals surface area contributed by atoms with Crippen LogP contribution in [0.25, 0.3) is 0 Å². The van der Waals surface area contributed by atoms with Crippen molar-refractivity contribution in [1.82, 2.24) is 4.98 Å². The fourth-order valence-corrected chi connectivity index (χ4v) is 3.59. The van der Waals surface area contributed by atoms with Gasteiger partial charge in [-0.2, -0.15) is 0 Å². The third-order valence-corrected chi connectivity index (χ3v) is 4.53. The normalized spacial score (nSPS) is 27.9. The lowest BCUT2D eigenvalue weighted by Crippen LogP contribution is -2.47. The van der Waals surface area contributed by atoms with Crippen molar-refractivity contribution in [1.29, 1.82) is 0 Å². The van der Waals surface area contributed by atoms with Crippen LogP contribution in [0, 0.1) is 5.92 Å². The van der Waals surface area contributed by atoms with Gasteiger partial charge in [-0.05, 0) is 43.2 Å². The number of nitrogens with zero attached hydrogens (tertiary/aromatic N) is 2. The maximum Gasteiger partial charge on any atom is 0.128 e. The van der Waals surface area contributed by atoms with Crippen molar-refractivity contribution in [2.45, 2.75) is 51.2 Å². The van der Waals surface area contributed by atoms with Crippen molar-refractivity contribution in [2.75, 3.05) is 11.4 Å². The van der Waals surface area contributed by atoms with Crippen LogP contribution in [0.2, 0.25) is 0 Å². The summed E-state index contributed by atoms with van der Waals surface area (Å²) in [5.74, 6) is 1.98. The van der Waals surface area contributed by atoms with Gasteiger partial charge in [-0.15, -0.1) is 0 Å². The number of hydrogen-bond donors (Lipinski definition) is 1. The third kappa shape index (κ3) is 2.24. The highest BCUT2D eigenvalue weighted by molar-refractivity contribution is 5.41. The van der Waals surface area contributed by atoms with E-state index < -0.39 is 0 Å². The van der Waals surface area contributed by atoms with E-state index in [4.69, 9.17) is 5.11 Å². The van der Waals surface area contributed by atoms with Gasteiger partial charge in [0, 0.05) is 18.8 Å². The molecule has 0 radical (unpaired) electrons. The molecule has 3 nitrogen and oxygen atoms in total. The van der Waals surface area contributed by atoms with Gasteiger partial charge < -0.3 is 10.0 Å². The van der Waals surface area contributed by atoms with Crippen LogP contribution in [0.4, 0.5) is 5.82 Å². The maximum absolute atomic E-state index is 9.07. The Morgan fingerprint density at radius 1 is 1.17 bits per heavy atom. The molecular weight excluding hydrogens is 224 g/mol. The lowest BCUT2D eigenvalue weighted by molar-refractivity contribution is 0.242. The summed E-state index contributed by atoms with van der Waals surface area (Å²) in [6, 6.07) is 4.78. The van der Waals surface area contributed by atoms with Crippen molar-refractivity contribution in [3.8, 4) is 0 Å². The highest BCUT2D eigenvalue weighted by atomic mass is 16.3. The summed E-state index contributed by atoms with van der Waals surface area (Å²) in [4.78, 5) is 7.04. The molecule has 1 saturated heterocycles. The molecule has 1 aromatic heterocycles. The van der Waals surface area contributed by atoms with Gasteiger partial charge in [0.05, 0.1) is 6.61 Å². The minimum atomic E-state index is 0.0827. The molecule has 2 atom stereocenters. The number of anilines is 1. The van der Waals surface area contributed by atoms with Gasteiger partial charge in [-0.25, -0.2) is 4.98 Å². The summed E-state index contributed by atoms with van der Waals surface area (Å²) >= 11 is 0. The second-order valence-electron chi connectivity index (χ2n) is 5.63. The molecule has 1 aromatic rings. The van der Waals surface area contributed by atoms with Crippen molar-refractivity contribution in [3.05, 3.63) is 23.9 Å². The Labute approximate surface area is 109 Å². The van der Waals surface area contributed by atoms with E-state index in [1.807, 2.05) is 12.3 Å². The Bertz CT molecular complexity index is 388. The molecule has 98 valence electrons. The van der Waals surface area contributed by atoms with Crippen LogP contribution in [0.1, 0.15) is 44.1 Å². The molecule has 0 unspecified atom stereocenters. The standard InChI is InChI=1S/C15H22N2O/c18-11-12-7-8-15(16-10-12)17-9-3-5-13-4-1-2-6-14(13)17/h7-8,10,13-14,18H,1-6,9,11H2/t13-,14-/m1/s1. The molecule has 2 aliphatic rings. The van der Waals surface area contributed by atoms with Crippen LogP contribution in [0.5, 0.6) is 0 Å². The highest BCUT2D eigenvalue weighted by Gasteiger charge is 2.33. The van der Waals surface area contributed by atoms with E-state index in [9.17, 15) is 0 Å². The molecule has 2 heterocycles. The van der Waals surface area contributed by atoms with Crippen molar-refractivity contribution < 1.29 is 5.11 Å². The Balaban J connectivity index is 1.80. The number of pyridine rings is 1. The molecule has 3 heteroatoms. The molecule has 1 N–H and O–H groups in total. The van der Waals surface area contributed by atoms with E-state index in [1.54, 1.807) is 0 Å². The van der Waals surface area contributed by atoms with Gasteiger partial charge >= 0.3 is 0 Å². The quantitative estimate of drug-likeness (QED) is 0.871. The molecule has 18 heavy (non-hydrogen) atoms. The van der Waals surface area contributed by atoms with Crippen molar-refractivity contribution in [2.24, 2.45) is 5.92 Å². The molecule has 0 bridgehead atoms. The molecular formula is C15H22N2O. The molecule has 1 aliphatic carbocycles. The van der Waals surface area contributed by atoms with Crippen LogP contribution in [-0.2, 0) is 6.61 Å². The number of hydrogen-bond acceptors (Lipinski definition) is 3. The van der Waals surface area contributed by atoms with Crippen LogP contribution in [0.3, 0.4) is 0 Å². The van der Waals surface area contributed by atoms with E-state index in [2.05, 4.69) is 16.0 Å². The van der Waals surface area contributed by atoms with Crippen LogP contribution < -0.4 is 4.90 Å². The Morgan fingerprint density at radius 3 is 2.78 bits per heavy atom. The second-order valence-corrected chi connectivity index (χ2v) is 5.63. The smallest absolute Gasteiger partial charge is 0.128 e. The van der Waals surface area contributed by atoms with Crippen molar-refractivity contribution >= 4 is 5.82 Å². The van der Waals surface area contributed by atoms with Gasteiger partial charge in [-0.1, -0.05) is 18.9 Å². The van der Waals surface area contributed by atoms with E-state index in [1.165, 1.54) is 38.5 Å². The first-order chi connectivity index (χ1) is 8.88. The fraction of sp³-hybridized carbons (Fsp3) is 0.667. The Hall–Kier alpha value is -1.09. The highest BCUT2D eigenvalue weighted by Crippen LogP contribution is 2.37. The first-order valence-electron chi connectivity index (χ1n) is 7.21. The first-order valence-corrected chi connectivity index (χ1v) is 7.21. The zero-order valence-corrected chi connectivity index (χ0v) is 10.9. The zero-order chi connectivity index (χ0) is 12.4.